The molecule has 0 bridgehead atoms. The van der Waals surface area contributed by atoms with Crippen molar-refractivity contribution in [3.05, 3.63) is 36.0 Å². The molecule has 3 nitrogen and oxygen atoms in total. The minimum absolute atomic E-state index is 0.964. The van der Waals surface area contributed by atoms with Crippen molar-refractivity contribution < 1.29 is 0 Å². The maximum atomic E-state index is 3.38. The van der Waals surface area contributed by atoms with Crippen LogP contribution in [0.4, 0.5) is 0 Å². The second-order valence-corrected chi connectivity index (χ2v) is 5.73. The predicted molar refractivity (Wildman–Crippen MR) is 85.0 cm³/mol. The Labute approximate surface area is 121 Å². The van der Waals surface area contributed by atoms with Gasteiger partial charge < -0.3 is 14.8 Å². The van der Waals surface area contributed by atoms with E-state index in [1.54, 1.807) is 0 Å². The van der Waals surface area contributed by atoms with Crippen LogP contribution < -0.4 is 5.32 Å². The van der Waals surface area contributed by atoms with Crippen molar-refractivity contribution in [3.8, 4) is 0 Å². The first-order valence-corrected chi connectivity index (χ1v) is 7.87. The number of hydrogen-bond acceptors (Lipinski definition) is 2. The van der Waals surface area contributed by atoms with E-state index in [0.717, 1.165) is 19.6 Å². The highest BCUT2D eigenvalue weighted by molar-refractivity contribution is 5.80. The average molecular weight is 271 g/mol. The third kappa shape index (κ3) is 3.05. The average Bonchev–Trinajstić information content (AvgIpc) is 3.12. The Kier molecular flexibility index (Phi) is 4.38. The molecule has 1 aliphatic rings. The molecule has 3 heteroatoms. The number of hydrogen-bond donors (Lipinski definition) is 1. The molecule has 1 fully saturated rings. The first-order valence-electron chi connectivity index (χ1n) is 7.87. The van der Waals surface area contributed by atoms with Gasteiger partial charge in [-0.1, -0.05) is 13.0 Å². The number of nitrogens with zero attached hydrogens (tertiary/aromatic N) is 2. The van der Waals surface area contributed by atoms with Gasteiger partial charge in [0.2, 0.25) is 0 Å². The lowest BCUT2D eigenvalue weighted by atomic mass is 10.1. The fourth-order valence-corrected chi connectivity index (χ4v) is 3.08. The van der Waals surface area contributed by atoms with E-state index in [-0.39, 0.29) is 0 Å². The third-order valence-corrected chi connectivity index (χ3v) is 4.27. The van der Waals surface area contributed by atoms with Crippen LogP contribution in [0.5, 0.6) is 0 Å². The highest BCUT2D eigenvalue weighted by Crippen LogP contribution is 2.18. The first kappa shape index (κ1) is 13.7. The van der Waals surface area contributed by atoms with Crippen LogP contribution in [-0.4, -0.2) is 35.6 Å². The molecule has 1 aliphatic heterocycles. The Morgan fingerprint density at radius 1 is 1.10 bits per heavy atom. The maximum absolute atomic E-state index is 3.38. The summed E-state index contributed by atoms with van der Waals surface area (Å²) in [6.07, 6.45) is 4.98. The van der Waals surface area contributed by atoms with Crippen molar-refractivity contribution in [3.63, 3.8) is 0 Å². The first-order chi connectivity index (χ1) is 9.86. The van der Waals surface area contributed by atoms with E-state index < -0.39 is 0 Å². The number of rotatable bonds is 6. The molecule has 0 aliphatic carbocycles. The number of likely N-dealkylation sites (tertiary alicyclic amines) is 1. The second kappa shape index (κ2) is 6.42. The Morgan fingerprint density at radius 2 is 1.95 bits per heavy atom. The van der Waals surface area contributed by atoms with Gasteiger partial charge in [0.25, 0.3) is 0 Å². The quantitative estimate of drug-likeness (QED) is 0.872. The molecule has 1 saturated heterocycles. The van der Waals surface area contributed by atoms with Gasteiger partial charge in [-0.05, 0) is 61.6 Å². The molecule has 108 valence electrons. The second-order valence-electron chi connectivity index (χ2n) is 5.73. The molecule has 0 unspecified atom stereocenters. The molecule has 0 radical (unpaired) electrons. The monoisotopic (exact) mass is 271 g/mol. The zero-order chi connectivity index (χ0) is 13.8. The van der Waals surface area contributed by atoms with Crippen LogP contribution >= 0.6 is 0 Å². The number of benzene rings is 1. The summed E-state index contributed by atoms with van der Waals surface area (Å²) in [5, 5.41) is 4.75. The van der Waals surface area contributed by atoms with Gasteiger partial charge in [0.15, 0.2) is 0 Å². The SMILES string of the molecule is CCNCc1ccc2c(ccn2CCN2CCCC2)c1. The highest BCUT2D eigenvalue weighted by atomic mass is 15.2. The molecule has 2 heterocycles. The van der Waals surface area contributed by atoms with Gasteiger partial charge in [0, 0.05) is 31.3 Å². The molecule has 3 rings (SSSR count). The fourth-order valence-electron chi connectivity index (χ4n) is 3.08. The Balaban J connectivity index is 1.68. The lowest BCUT2D eigenvalue weighted by molar-refractivity contribution is 0.324. The molecular formula is C17H25N3. The fraction of sp³-hybridized carbons (Fsp3) is 0.529. The van der Waals surface area contributed by atoms with Gasteiger partial charge in [0.1, 0.15) is 0 Å². The number of aromatic nitrogens is 1. The van der Waals surface area contributed by atoms with Gasteiger partial charge in [-0.15, -0.1) is 0 Å². The van der Waals surface area contributed by atoms with E-state index in [1.165, 1.54) is 48.9 Å². The zero-order valence-electron chi connectivity index (χ0n) is 12.4. The summed E-state index contributed by atoms with van der Waals surface area (Å²) < 4.78 is 2.39. The molecule has 1 aromatic carbocycles. The summed E-state index contributed by atoms with van der Waals surface area (Å²) in [7, 11) is 0. The molecule has 20 heavy (non-hydrogen) atoms. The Morgan fingerprint density at radius 3 is 2.75 bits per heavy atom. The molecule has 0 spiro atoms. The van der Waals surface area contributed by atoms with Crippen molar-refractivity contribution >= 4 is 10.9 Å². The van der Waals surface area contributed by atoms with Crippen molar-refractivity contribution in [2.45, 2.75) is 32.9 Å². The van der Waals surface area contributed by atoms with Gasteiger partial charge >= 0.3 is 0 Å². The van der Waals surface area contributed by atoms with E-state index in [1.807, 2.05) is 0 Å². The normalized spacial score (nSPS) is 16.2. The summed E-state index contributed by atoms with van der Waals surface area (Å²) in [5.74, 6) is 0. The van der Waals surface area contributed by atoms with Crippen LogP contribution in [0.3, 0.4) is 0 Å². The Bertz CT molecular complexity index is 552. The van der Waals surface area contributed by atoms with Crippen LogP contribution in [0.15, 0.2) is 30.5 Å². The van der Waals surface area contributed by atoms with Crippen molar-refractivity contribution in [2.24, 2.45) is 0 Å². The summed E-state index contributed by atoms with van der Waals surface area (Å²) in [6.45, 7) is 8.99. The summed E-state index contributed by atoms with van der Waals surface area (Å²) in [4.78, 5) is 2.57. The molecule has 1 N–H and O–H groups in total. The van der Waals surface area contributed by atoms with Crippen molar-refractivity contribution in [1.82, 2.24) is 14.8 Å². The van der Waals surface area contributed by atoms with E-state index >= 15 is 0 Å². The summed E-state index contributed by atoms with van der Waals surface area (Å²) >= 11 is 0. The minimum atomic E-state index is 0.964. The predicted octanol–water partition coefficient (Wildman–Crippen LogP) is 2.85. The number of fused-ring (bicyclic) bond motifs is 1. The molecule has 0 saturated carbocycles. The molecule has 2 aromatic rings. The lowest BCUT2D eigenvalue weighted by Gasteiger charge is -2.15. The Hall–Kier alpha value is -1.32. The van der Waals surface area contributed by atoms with Crippen molar-refractivity contribution in [1.29, 1.82) is 0 Å². The topological polar surface area (TPSA) is 20.2 Å². The van der Waals surface area contributed by atoms with Gasteiger partial charge in [-0.3, -0.25) is 0 Å². The minimum Gasteiger partial charge on any atom is -0.346 e. The largest absolute Gasteiger partial charge is 0.346 e. The van der Waals surface area contributed by atoms with Crippen LogP contribution in [-0.2, 0) is 13.1 Å². The molecule has 0 amide bonds. The van der Waals surface area contributed by atoms with Crippen LogP contribution in [0.25, 0.3) is 10.9 Å². The van der Waals surface area contributed by atoms with Gasteiger partial charge in [0.05, 0.1) is 0 Å². The van der Waals surface area contributed by atoms with E-state index in [4.69, 9.17) is 0 Å². The van der Waals surface area contributed by atoms with Crippen LogP contribution in [0.1, 0.15) is 25.3 Å². The van der Waals surface area contributed by atoms with Gasteiger partial charge in [-0.2, -0.15) is 0 Å². The van der Waals surface area contributed by atoms with Crippen LogP contribution in [0, 0.1) is 0 Å². The smallest absolute Gasteiger partial charge is 0.0480 e. The van der Waals surface area contributed by atoms with E-state index in [0.29, 0.717) is 0 Å². The highest BCUT2D eigenvalue weighted by Gasteiger charge is 2.11. The zero-order valence-corrected chi connectivity index (χ0v) is 12.4. The lowest BCUT2D eigenvalue weighted by Crippen LogP contribution is -2.23. The number of nitrogens with one attached hydrogen (secondary N) is 1. The molecule has 0 atom stereocenters. The van der Waals surface area contributed by atoms with E-state index in [9.17, 15) is 0 Å². The molecule has 1 aromatic heterocycles. The third-order valence-electron chi connectivity index (χ3n) is 4.27. The maximum Gasteiger partial charge on any atom is 0.0480 e. The van der Waals surface area contributed by atoms with E-state index in [2.05, 4.69) is 52.2 Å². The van der Waals surface area contributed by atoms with Gasteiger partial charge in [-0.25, -0.2) is 0 Å². The summed E-state index contributed by atoms with van der Waals surface area (Å²) in [5.41, 5.74) is 2.74. The van der Waals surface area contributed by atoms with Crippen LogP contribution in [0.2, 0.25) is 0 Å². The molecular weight excluding hydrogens is 246 g/mol. The summed E-state index contributed by atoms with van der Waals surface area (Å²) in [6, 6.07) is 9.07. The van der Waals surface area contributed by atoms with Crippen molar-refractivity contribution in [2.75, 3.05) is 26.2 Å². The standard InChI is InChI=1S/C17H25N3/c1-2-18-14-15-5-6-17-16(13-15)7-10-20(17)12-11-19-8-3-4-9-19/h5-7,10,13,18H,2-4,8-9,11-12,14H2,1H3.